The maximum atomic E-state index is 10.7. The van der Waals surface area contributed by atoms with E-state index in [4.69, 9.17) is 17.2 Å². The lowest BCUT2D eigenvalue weighted by atomic mass is 10.0. The summed E-state index contributed by atoms with van der Waals surface area (Å²) >= 11 is 0. The van der Waals surface area contributed by atoms with E-state index in [-0.39, 0.29) is 12.0 Å². The fourth-order valence-corrected chi connectivity index (χ4v) is 0.893. The van der Waals surface area contributed by atoms with E-state index in [1.807, 2.05) is 0 Å². The van der Waals surface area contributed by atoms with Crippen molar-refractivity contribution in [2.24, 2.45) is 17.2 Å². The normalized spacial score (nSPS) is 9.00. The quantitative estimate of drug-likeness (QED) is 0.270. The largest absolute Gasteiger partial charge is 0.366 e. The van der Waals surface area contributed by atoms with Crippen LogP contribution in [0.1, 0.15) is 13.3 Å². The van der Waals surface area contributed by atoms with E-state index in [9.17, 15) is 14.4 Å². The lowest BCUT2D eigenvalue weighted by Crippen LogP contribution is -2.31. The Morgan fingerprint density at radius 3 is 1.38 bits per heavy atom. The molecule has 6 nitrogen and oxygen atoms in total. The van der Waals surface area contributed by atoms with Gasteiger partial charge in [0.2, 0.25) is 5.91 Å². The summed E-state index contributed by atoms with van der Waals surface area (Å²) in [6.45, 7) is 1.56. The van der Waals surface area contributed by atoms with Crippen LogP contribution < -0.4 is 17.2 Å². The van der Waals surface area contributed by atoms with Crippen molar-refractivity contribution in [1.29, 1.82) is 0 Å². The van der Waals surface area contributed by atoms with E-state index in [0.717, 1.165) is 0 Å². The predicted octanol–water partition coefficient (Wildman–Crippen LogP) is -1.85. The van der Waals surface area contributed by atoms with Gasteiger partial charge in [0, 0.05) is 5.57 Å². The summed E-state index contributed by atoms with van der Waals surface area (Å²) in [6.07, 6.45) is 0.135. The average molecular weight is 185 g/mol. The van der Waals surface area contributed by atoms with Gasteiger partial charge in [0.1, 0.15) is 5.57 Å². The Hall–Kier alpha value is -1.85. The summed E-state index contributed by atoms with van der Waals surface area (Å²) in [5, 5.41) is 0. The zero-order valence-electron chi connectivity index (χ0n) is 7.16. The lowest BCUT2D eigenvalue weighted by molar-refractivity contribution is -0.122. The third-order valence-corrected chi connectivity index (χ3v) is 1.45. The molecular weight excluding hydrogens is 174 g/mol. The highest BCUT2D eigenvalue weighted by Crippen LogP contribution is 2.07. The van der Waals surface area contributed by atoms with Crippen molar-refractivity contribution in [1.82, 2.24) is 0 Å². The van der Waals surface area contributed by atoms with Crippen molar-refractivity contribution in [2.45, 2.75) is 13.3 Å². The van der Waals surface area contributed by atoms with Crippen LogP contribution >= 0.6 is 0 Å². The molecule has 0 saturated carbocycles. The van der Waals surface area contributed by atoms with E-state index < -0.39 is 23.3 Å². The molecule has 0 aliphatic carbocycles. The predicted molar refractivity (Wildman–Crippen MR) is 44.9 cm³/mol. The first-order valence-corrected chi connectivity index (χ1v) is 3.54. The monoisotopic (exact) mass is 185 g/mol. The average Bonchev–Trinajstić information content (AvgIpc) is 1.97. The first-order chi connectivity index (χ1) is 5.91. The fourth-order valence-electron chi connectivity index (χ4n) is 0.893. The Morgan fingerprint density at radius 1 is 0.923 bits per heavy atom. The summed E-state index contributed by atoms with van der Waals surface area (Å²) in [5.41, 5.74) is 13.9. The van der Waals surface area contributed by atoms with Gasteiger partial charge in [-0.05, 0) is 6.42 Å². The van der Waals surface area contributed by atoms with E-state index in [2.05, 4.69) is 0 Å². The summed E-state index contributed by atoms with van der Waals surface area (Å²) in [6, 6.07) is 0. The summed E-state index contributed by atoms with van der Waals surface area (Å²) in [4.78, 5) is 32.1. The van der Waals surface area contributed by atoms with Gasteiger partial charge in [-0.15, -0.1) is 0 Å². The second-order valence-corrected chi connectivity index (χ2v) is 2.30. The van der Waals surface area contributed by atoms with E-state index in [1.54, 1.807) is 6.92 Å². The summed E-state index contributed by atoms with van der Waals surface area (Å²) in [7, 11) is 0. The number of primary amides is 3. The highest BCUT2D eigenvalue weighted by atomic mass is 16.2. The lowest BCUT2D eigenvalue weighted by Gasteiger charge is -2.03. The molecule has 0 aromatic heterocycles. The molecular formula is C7H11N3O3. The third-order valence-electron chi connectivity index (χ3n) is 1.45. The molecule has 0 aromatic rings. The smallest absolute Gasteiger partial charge is 0.254 e. The molecule has 0 fully saturated rings. The van der Waals surface area contributed by atoms with Gasteiger partial charge >= 0.3 is 0 Å². The number of carbonyl (C=O) groups excluding carboxylic acids is 3. The van der Waals surface area contributed by atoms with Gasteiger partial charge in [-0.25, -0.2) is 0 Å². The van der Waals surface area contributed by atoms with E-state index in [1.165, 1.54) is 0 Å². The van der Waals surface area contributed by atoms with Gasteiger partial charge in [-0.1, -0.05) is 6.92 Å². The highest BCUT2D eigenvalue weighted by Gasteiger charge is 2.20. The minimum Gasteiger partial charge on any atom is -0.366 e. The van der Waals surface area contributed by atoms with Gasteiger partial charge in [-0.3, -0.25) is 14.4 Å². The van der Waals surface area contributed by atoms with Crippen LogP contribution in [0.25, 0.3) is 0 Å². The van der Waals surface area contributed by atoms with Crippen LogP contribution in [0.4, 0.5) is 0 Å². The Balaban J connectivity index is 5.40. The number of amides is 3. The maximum absolute atomic E-state index is 10.7. The van der Waals surface area contributed by atoms with E-state index >= 15 is 0 Å². The SMILES string of the molecule is CCC(C(N)=O)=C(C(N)=O)C(N)=O. The molecule has 0 spiro atoms. The van der Waals surface area contributed by atoms with Crippen molar-refractivity contribution in [3.8, 4) is 0 Å². The molecule has 6 N–H and O–H groups in total. The molecule has 0 atom stereocenters. The molecule has 0 aliphatic heterocycles. The van der Waals surface area contributed by atoms with Crippen molar-refractivity contribution in [2.75, 3.05) is 0 Å². The molecule has 6 heteroatoms. The van der Waals surface area contributed by atoms with Crippen molar-refractivity contribution in [3.05, 3.63) is 11.1 Å². The Bertz CT molecular complexity index is 277. The molecule has 0 unspecified atom stereocenters. The van der Waals surface area contributed by atoms with Crippen molar-refractivity contribution >= 4 is 17.7 Å². The number of rotatable bonds is 4. The maximum Gasteiger partial charge on any atom is 0.254 e. The zero-order valence-corrected chi connectivity index (χ0v) is 7.16. The Kier molecular flexibility index (Phi) is 3.64. The van der Waals surface area contributed by atoms with Gasteiger partial charge in [0.25, 0.3) is 11.8 Å². The number of hydrogen-bond donors (Lipinski definition) is 3. The molecule has 0 bridgehead atoms. The van der Waals surface area contributed by atoms with Gasteiger partial charge in [0.05, 0.1) is 0 Å². The van der Waals surface area contributed by atoms with Crippen LogP contribution in [0.5, 0.6) is 0 Å². The fraction of sp³-hybridized carbons (Fsp3) is 0.286. The molecule has 0 aliphatic rings. The topological polar surface area (TPSA) is 129 Å². The summed E-state index contributed by atoms with van der Waals surface area (Å²) < 4.78 is 0. The minimum atomic E-state index is -1.04. The van der Waals surface area contributed by atoms with Crippen LogP contribution in [0, 0.1) is 0 Å². The second-order valence-electron chi connectivity index (χ2n) is 2.30. The molecule has 13 heavy (non-hydrogen) atoms. The molecule has 72 valence electrons. The van der Waals surface area contributed by atoms with Crippen LogP contribution in [-0.2, 0) is 14.4 Å². The molecule has 0 rings (SSSR count). The molecule has 0 radical (unpaired) electrons. The van der Waals surface area contributed by atoms with Gasteiger partial charge in [-0.2, -0.15) is 0 Å². The van der Waals surface area contributed by atoms with Crippen molar-refractivity contribution < 1.29 is 14.4 Å². The van der Waals surface area contributed by atoms with Crippen molar-refractivity contribution in [3.63, 3.8) is 0 Å². The Labute approximate surface area is 74.7 Å². The van der Waals surface area contributed by atoms with Crippen LogP contribution in [0.15, 0.2) is 11.1 Å². The number of nitrogens with two attached hydrogens (primary N) is 3. The first kappa shape index (κ1) is 11.2. The molecule has 0 saturated heterocycles. The standard InChI is InChI=1S/C7H11N3O3/c1-2-3(5(8)11)4(6(9)12)7(10)13/h2H2,1H3,(H2,8,11)(H2,9,12)(H2,10,13). The zero-order chi connectivity index (χ0) is 10.6. The van der Waals surface area contributed by atoms with Crippen LogP contribution in [-0.4, -0.2) is 17.7 Å². The number of carbonyl (C=O) groups is 3. The third kappa shape index (κ3) is 2.58. The summed E-state index contributed by atoms with van der Waals surface area (Å²) in [5.74, 6) is -2.94. The highest BCUT2D eigenvalue weighted by molar-refractivity contribution is 6.21. The van der Waals surface area contributed by atoms with E-state index in [0.29, 0.717) is 0 Å². The van der Waals surface area contributed by atoms with Crippen LogP contribution in [0.2, 0.25) is 0 Å². The van der Waals surface area contributed by atoms with Gasteiger partial charge < -0.3 is 17.2 Å². The first-order valence-electron chi connectivity index (χ1n) is 3.54. The van der Waals surface area contributed by atoms with Crippen LogP contribution in [0.3, 0.4) is 0 Å². The molecule has 0 aromatic carbocycles. The minimum absolute atomic E-state index is 0.135. The second kappa shape index (κ2) is 4.24. The van der Waals surface area contributed by atoms with Gasteiger partial charge in [0.15, 0.2) is 0 Å². The molecule has 3 amide bonds. The molecule has 0 heterocycles. The number of hydrogen-bond acceptors (Lipinski definition) is 3. The Morgan fingerprint density at radius 2 is 1.31 bits per heavy atom.